The number of hydrogen-bond acceptors (Lipinski definition) is 9. The van der Waals surface area contributed by atoms with Crippen LogP contribution >= 0.6 is 0 Å². The van der Waals surface area contributed by atoms with Gasteiger partial charge in [-0.1, -0.05) is 0 Å². The van der Waals surface area contributed by atoms with Gasteiger partial charge < -0.3 is 47.0 Å². The van der Waals surface area contributed by atoms with Crippen LogP contribution in [0.4, 0.5) is 0 Å². The van der Waals surface area contributed by atoms with E-state index in [0.717, 1.165) is 0 Å². The van der Waals surface area contributed by atoms with Crippen molar-refractivity contribution in [1.29, 1.82) is 0 Å². The molecule has 16 heteroatoms. The number of H-pyrrole nitrogens is 2. The summed E-state index contributed by atoms with van der Waals surface area (Å²) in [5, 5.41) is 35.4. The van der Waals surface area contributed by atoms with Crippen LogP contribution in [0, 0.1) is 0 Å². The Hall–Kier alpha value is -4.31. The van der Waals surface area contributed by atoms with Crippen LogP contribution in [0.3, 0.4) is 0 Å². The van der Waals surface area contributed by atoms with Crippen molar-refractivity contribution in [2.45, 2.75) is 62.9 Å². The summed E-state index contributed by atoms with van der Waals surface area (Å²) >= 11 is 0. The fraction of sp³-hybridized carbons (Fsp3) is 0.476. The number of nitrogens with zero attached hydrogens (tertiary/aromatic N) is 2. The molecule has 0 saturated carbocycles. The molecule has 5 unspecified atom stereocenters. The number of carboxylic acids is 2. The van der Waals surface area contributed by atoms with Gasteiger partial charge in [0, 0.05) is 43.0 Å². The van der Waals surface area contributed by atoms with Crippen molar-refractivity contribution in [3.05, 3.63) is 36.4 Å². The third-order valence-electron chi connectivity index (χ3n) is 5.27. The molecule has 2 rings (SSSR count). The molecule has 3 amide bonds. The predicted molar refractivity (Wildman–Crippen MR) is 125 cm³/mol. The number of nitrogens with two attached hydrogens (primary N) is 1. The minimum absolute atomic E-state index is 0.102. The molecule has 0 saturated heterocycles. The highest BCUT2D eigenvalue weighted by atomic mass is 16.4. The largest absolute Gasteiger partial charge is 0.481 e. The lowest BCUT2D eigenvalue weighted by atomic mass is 10.1. The molecule has 10 N–H and O–H groups in total. The fourth-order valence-corrected chi connectivity index (χ4v) is 3.25. The Kier molecular flexibility index (Phi) is 10.7. The average Bonchev–Trinajstić information content (AvgIpc) is 3.53. The van der Waals surface area contributed by atoms with E-state index in [4.69, 9.17) is 10.8 Å². The highest BCUT2D eigenvalue weighted by Crippen LogP contribution is 2.05. The average molecular weight is 523 g/mol. The molecule has 37 heavy (non-hydrogen) atoms. The molecule has 0 fully saturated rings. The SMILES string of the molecule is CC(O)C(NC(=O)C(Cc1cnc[nH]1)NC(=O)C(N)CCC(=O)O)C(=O)NC(Cc1cnc[nH]1)C(=O)O. The van der Waals surface area contributed by atoms with E-state index in [0.29, 0.717) is 11.4 Å². The number of aromatic amines is 2. The van der Waals surface area contributed by atoms with Crippen molar-refractivity contribution in [1.82, 2.24) is 35.9 Å². The van der Waals surface area contributed by atoms with Crippen molar-refractivity contribution < 1.29 is 39.3 Å². The van der Waals surface area contributed by atoms with Crippen molar-refractivity contribution in [2.75, 3.05) is 0 Å². The number of hydrogen-bond donors (Lipinski definition) is 9. The maximum atomic E-state index is 13.1. The van der Waals surface area contributed by atoms with Crippen LogP contribution in [0.1, 0.15) is 31.2 Å². The Morgan fingerprint density at radius 2 is 1.43 bits per heavy atom. The quantitative estimate of drug-likeness (QED) is 0.114. The molecule has 0 radical (unpaired) electrons. The van der Waals surface area contributed by atoms with Crippen molar-refractivity contribution in [3.63, 3.8) is 0 Å². The van der Waals surface area contributed by atoms with Crippen LogP contribution in [0.25, 0.3) is 0 Å². The molecule has 0 aromatic carbocycles. The van der Waals surface area contributed by atoms with Crippen LogP contribution in [0.5, 0.6) is 0 Å². The highest BCUT2D eigenvalue weighted by molar-refractivity contribution is 5.94. The molecular formula is C21H30N8O8. The van der Waals surface area contributed by atoms with E-state index in [2.05, 4.69) is 35.9 Å². The number of carboxylic acid groups (broad SMARTS) is 2. The maximum Gasteiger partial charge on any atom is 0.326 e. The number of nitrogens with one attached hydrogen (secondary N) is 5. The monoisotopic (exact) mass is 522 g/mol. The van der Waals surface area contributed by atoms with Crippen LogP contribution in [0.2, 0.25) is 0 Å². The summed E-state index contributed by atoms with van der Waals surface area (Å²) in [6, 6.07) is -5.47. The first-order chi connectivity index (χ1) is 17.5. The van der Waals surface area contributed by atoms with E-state index in [9.17, 15) is 34.2 Å². The van der Waals surface area contributed by atoms with Crippen molar-refractivity contribution in [2.24, 2.45) is 5.73 Å². The molecule has 0 aliphatic carbocycles. The number of aliphatic hydroxyl groups excluding tert-OH is 1. The van der Waals surface area contributed by atoms with E-state index in [-0.39, 0.29) is 25.7 Å². The van der Waals surface area contributed by atoms with Gasteiger partial charge >= 0.3 is 11.9 Å². The fourth-order valence-electron chi connectivity index (χ4n) is 3.25. The highest BCUT2D eigenvalue weighted by Gasteiger charge is 2.33. The summed E-state index contributed by atoms with van der Waals surface area (Å²) in [5.41, 5.74) is 6.61. The Morgan fingerprint density at radius 3 is 1.89 bits per heavy atom. The van der Waals surface area contributed by atoms with Gasteiger partial charge in [0.05, 0.1) is 24.8 Å². The zero-order valence-corrected chi connectivity index (χ0v) is 19.9. The summed E-state index contributed by atoms with van der Waals surface area (Å²) in [4.78, 5) is 73.9. The summed E-state index contributed by atoms with van der Waals surface area (Å²) in [6.07, 6.45) is 3.28. The number of amides is 3. The molecular weight excluding hydrogens is 492 g/mol. The molecule has 2 heterocycles. The predicted octanol–water partition coefficient (Wildman–Crippen LogP) is -2.97. The van der Waals surface area contributed by atoms with Gasteiger partial charge in [-0.2, -0.15) is 0 Å². The Balaban J connectivity index is 2.13. The number of carbonyl (C=O) groups is 5. The number of rotatable bonds is 15. The first-order valence-corrected chi connectivity index (χ1v) is 11.2. The maximum absolute atomic E-state index is 13.1. The van der Waals surface area contributed by atoms with Gasteiger partial charge in [-0.15, -0.1) is 0 Å². The summed E-state index contributed by atoms with van der Waals surface area (Å²) in [5.74, 6) is -5.15. The number of aliphatic hydroxyl groups is 1. The second-order valence-electron chi connectivity index (χ2n) is 8.29. The first kappa shape index (κ1) is 28.9. The third kappa shape index (κ3) is 9.34. The van der Waals surface area contributed by atoms with Crippen LogP contribution in [0.15, 0.2) is 25.0 Å². The summed E-state index contributed by atoms with van der Waals surface area (Å²) in [7, 11) is 0. The Labute approximate surface area is 210 Å². The number of aromatic nitrogens is 4. The zero-order valence-electron chi connectivity index (χ0n) is 19.9. The molecule has 0 bridgehead atoms. The topological polar surface area (TPSA) is 266 Å². The second-order valence-corrected chi connectivity index (χ2v) is 8.29. The smallest absolute Gasteiger partial charge is 0.326 e. The van der Waals surface area contributed by atoms with E-state index < -0.39 is 59.9 Å². The molecule has 2 aromatic rings. The van der Waals surface area contributed by atoms with Gasteiger partial charge in [-0.3, -0.25) is 19.2 Å². The van der Waals surface area contributed by atoms with Gasteiger partial charge in [-0.05, 0) is 13.3 Å². The van der Waals surface area contributed by atoms with E-state index >= 15 is 0 Å². The zero-order chi connectivity index (χ0) is 27.5. The molecule has 202 valence electrons. The molecule has 0 aliphatic rings. The van der Waals surface area contributed by atoms with Gasteiger partial charge in [-0.25, -0.2) is 14.8 Å². The van der Waals surface area contributed by atoms with Gasteiger partial charge in [0.2, 0.25) is 17.7 Å². The van der Waals surface area contributed by atoms with Crippen molar-refractivity contribution in [3.8, 4) is 0 Å². The molecule has 0 aliphatic heterocycles. The Morgan fingerprint density at radius 1 is 0.892 bits per heavy atom. The van der Waals surface area contributed by atoms with E-state index in [1.807, 2.05) is 0 Å². The van der Waals surface area contributed by atoms with Gasteiger partial charge in [0.25, 0.3) is 0 Å². The normalized spacial score (nSPS) is 15.0. The van der Waals surface area contributed by atoms with Gasteiger partial charge in [0.1, 0.15) is 18.1 Å². The molecule has 0 spiro atoms. The van der Waals surface area contributed by atoms with Crippen LogP contribution in [-0.2, 0) is 36.8 Å². The standard InChI is InChI=1S/C21H30N8O8/c1-10(30)17(20(35)28-15(21(36)37)5-12-7-24-9-26-12)29-19(34)14(4-11-6-23-8-25-11)27-18(33)13(22)2-3-16(31)32/h6-10,13-15,17,30H,2-5,22H2,1H3,(H,23,25)(H,24,26)(H,27,33)(H,28,35)(H,29,34)(H,31,32)(H,36,37). The Bertz CT molecular complexity index is 1060. The lowest BCUT2D eigenvalue weighted by molar-refractivity contribution is -0.143. The third-order valence-corrected chi connectivity index (χ3v) is 5.27. The van der Waals surface area contributed by atoms with E-state index in [1.54, 1.807) is 0 Å². The minimum atomic E-state index is -1.57. The number of carbonyl (C=O) groups excluding carboxylic acids is 3. The summed E-state index contributed by atoms with van der Waals surface area (Å²) in [6.45, 7) is 1.22. The lowest BCUT2D eigenvalue weighted by Gasteiger charge is -2.26. The molecule has 5 atom stereocenters. The van der Waals surface area contributed by atoms with Crippen LogP contribution < -0.4 is 21.7 Å². The van der Waals surface area contributed by atoms with Gasteiger partial charge in [0.15, 0.2) is 0 Å². The van der Waals surface area contributed by atoms with Crippen molar-refractivity contribution >= 4 is 29.7 Å². The number of aliphatic carboxylic acids is 2. The molecule has 16 nitrogen and oxygen atoms in total. The van der Waals surface area contributed by atoms with Crippen LogP contribution in [-0.4, -0.2) is 95.2 Å². The first-order valence-electron chi connectivity index (χ1n) is 11.2. The summed E-state index contributed by atoms with van der Waals surface area (Å²) < 4.78 is 0. The van der Waals surface area contributed by atoms with E-state index in [1.165, 1.54) is 32.0 Å². The molecule has 2 aromatic heterocycles. The second kappa shape index (κ2) is 13.7. The minimum Gasteiger partial charge on any atom is -0.481 e. The number of imidazole rings is 2. The lowest BCUT2D eigenvalue weighted by Crippen LogP contribution is -2.60.